The van der Waals surface area contributed by atoms with Crippen LogP contribution in [0.4, 0.5) is 5.69 Å². The number of fused-ring (bicyclic) bond motifs is 1. The number of benzene rings is 2. The first-order chi connectivity index (χ1) is 10.2. The standard InChI is InChI=1S/C17H13N3O/c1-11-16(14-7-2-3-8-15(14)19-11)17(21)20-13-6-4-5-12(9-13)10-18/h2-9,19H,1H3,(H,20,21). The highest BCUT2D eigenvalue weighted by atomic mass is 16.1. The van der Waals surface area contributed by atoms with Crippen LogP contribution in [0.1, 0.15) is 21.6 Å². The fourth-order valence-electron chi connectivity index (χ4n) is 2.43. The SMILES string of the molecule is Cc1[nH]c2ccccc2c1C(=O)Nc1cccc(C#N)c1. The number of aryl methyl sites for hydroxylation is 1. The van der Waals surface area contributed by atoms with Crippen LogP contribution < -0.4 is 5.32 Å². The van der Waals surface area contributed by atoms with Crippen molar-refractivity contribution in [2.75, 3.05) is 5.32 Å². The van der Waals surface area contributed by atoms with Gasteiger partial charge in [0.25, 0.3) is 5.91 Å². The largest absolute Gasteiger partial charge is 0.358 e. The molecule has 0 saturated carbocycles. The summed E-state index contributed by atoms with van der Waals surface area (Å²) in [6.07, 6.45) is 0. The summed E-state index contributed by atoms with van der Waals surface area (Å²) in [4.78, 5) is 15.7. The van der Waals surface area contributed by atoms with Gasteiger partial charge in [0.15, 0.2) is 0 Å². The maximum Gasteiger partial charge on any atom is 0.258 e. The summed E-state index contributed by atoms with van der Waals surface area (Å²) in [6.45, 7) is 1.88. The van der Waals surface area contributed by atoms with Crippen LogP contribution in [0.15, 0.2) is 48.5 Å². The van der Waals surface area contributed by atoms with Gasteiger partial charge in [-0.3, -0.25) is 4.79 Å². The van der Waals surface area contributed by atoms with E-state index in [0.29, 0.717) is 16.8 Å². The fourth-order valence-corrected chi connectivity index (χ4v) is 2.43. The van der Waals surface area contributed by atoms with Gasteiger partial charge >= 0.3 is 0 Å². The lowest BCUT2D eigenvalue weighted by Crippen LogP contribution is -2.12. The highest BCUT2D eigenvalue weighted by Crippen LogP contribution is 2.23. The van der Waals surface area contributed by atoms with Crippen LogP contribution in [-0.4, -0.2) is 10.9 Å². The Morgan fingerprint density at radius 1 is 1.19 bits per heavy atom. The molecule has 102 valence electrons. The zero-order valence-electron chi connectivity index (χ0n) is 11.5. The Balaban J connectivity index is 1.97. The minimum Gasteiger partial charge on any atom is -0.358 e. The number of nitrogens with zero attached hydrogens (tertiary/aromatic N) is 1. The van der Waals surface area contributed by atoms with Crippen LogP contribution in [0, 0.1) is 18.3 Å². The van der Waals surface area contributed by atoms with Crippen molar-refractivity contribution in [1.82, 2.24) is 4.98 Å². The highest BCUT2D eigenvalue weighted by Gasteiger charge is 2.15. The number of hydrogen-bond acceptors (Lipinski definition) is 2. The lowest BCUT2D eigenvalue weighted by atomic mass is 10.1. The summed E-state index contributed by atoms with van der Waals surface area (Å²) in [6, 6.07) is 16.6. The van der Waals surface area contributed by atoms with E-state index in [4.69, 9.17) is 5.26 Å². The zero-order valence-corrected chi connectivity index (χ0v) is 11.5. The first-order valence-corrected chi connectivity index (χ1v) is 6.58. The lowest BCUT2D eigenvalue weighted by molar-refractivity contribution is 0.102. The van der Waals surface area contributed by atoms with E-state index in [1.165, 1.54) is 0 Å². The Morgan fingerprint density at radius 3 is 2.81 bits per heavy atom. The number of aromatic amines is 1. The van der Waals surface area contributed by atoms with E-state index in [1.807, 2.05) is 31.2 Å². The number of carbonyl (C=O) groups is 1. The molecule has 0 atom stereocenters. The molecule has 1 heterocycles. The first-order valence-electron chi connectivity index (χ1n) is 6.58. The van der Waals surface area contributed by atoms with Gasteiger partial charge in [0.2, 0.25) is 0 Å². The van der Waals surface area contributed by atoms with Crippen LogP contribution >= 0.6 is 0 Å². The van der Waals surface area contributed by atoms with Crippen LogP contribution in [-0.2, 0) is 0 Å². The molecular weight excluding hydrogens is 262 g/mol. The number of hydrogen-bond donors (Lipinski definition) is 2. The summed E-state index contributed by atoms with van der Waals surface area (Å²) in [5.74, 6) is -0.181. The smallest absolute Gasteiger partial charge is 0.258 e. The van der Waals surface area contributed by atoms with Gasteiger partial charge in [-0.1, -0.05) is 24.3 Å². The molecule has 3 rings (SSSR count). The molecule has 4 nitrogen and oxygen atoms in total. The maximum absolute atomic E-state index is 12.5. The molecule has 1 amide bonds. The molecule has 0 unspecified atom stereocenters. The van der Waals surface area contributed by atoms with Gasteiger partial charge in [0.1, 0.15) is 0 Å². The lowest BCUT2D eigenvalue weighted by Gasteiger charge is -2.05. The van der Waals surface area contributed by atoms with E-state index in [0.717, 1.165) is 16.6 Å². The van der Waals surface area contributed by atoms with Gasteiger partial charge in [-0.2, -0.15) is 5.26 Å². The molecule has 4 heteroatoms. The second-order valence-electron chi connectivity index (χ2n) is 4.82. The third kappa shape index (κ3) is 2.37. The summed E-state index contributed by atoms with van der Waals surface area (Å²) < 4.78 is 0. The third-order valence-electron chi connectivity index (χ3n) is 3.37. The van der Waals surface area contributed by atoms with Crippen molar-refractivity contribution in [3.05, 3.63) is 65.4 Å². The second-order valence-corrected chi connectivity index (χ2v) is 4.82. The van der Waals surface area contributed by atoms with Gasteiger partial charge in [-0.15, -0.1) is 0 Å². The number of H-pyrrole nitrogens is 1. The van der Waals surface area contributed by atoms with Crippen molar-refractivity contribution >= 4 is 22.5 Å². The van der Waals surface area contributed by atoms with Gasteiger partial charge in [-0.05, 0) is 31.2 Å². The molecule has 2 aromatic carbocycles. The molecule has 2 N–H and O–H groups in total. The number of nitriles is 1. The van der Waals surface area contributed by atoms with Gasteiger partial charge in [0.05, 0.1) is 17.2 Å². The molecule has 1 aromatic heterocycles. The fraction of sp³-hybridized carbons (Fsp3) is 0.0588. The molecule has 0 radical (unpaired) electrons. The first kappa shape index (κ1) is 12.9. The molecule has 0 fully saturated rings. The summed E-state index contributed by atoms with van der Waals surface area (Å²) in [5, 5.41) is 12.6. The van der Waals surface area contributed by atoms with Crippen molar-refractivity contribution < 1.29 is 4.79 Å². The minimum absolute atomic E-state index is 0.181. The Labute approximate surface area is 122 Å². The quantitative estimate of drug-likeness (QED) is 0.750. The third-order valence-corrected chi connectivity index (χ3v) is 3.37. The topological polar surface area (TPSA) is 68.7 Å². The van der Waals surface area contributed by atoms with E-state index in [-0.39, 0.29) is 5.91 Å². The predicted octanol–water partition coefficient (Wildman–Crippen LogP) is 3.60. The Bertz CT molecular complexity index is 871. The van der Waals surface area contributed by atoms with Crippen molar-refractivity contribution in [3.8, 4) is 6.07 Å². The number of anilines is 1. The Hall–Kier alpha value is -3.06. The molecule has 21 heavy (non-hydrogen) atoms. The van der Waals surface area contributed by atoms with Crippen molar-refractivity contribution in [2.45, 2.75) is 6.92 Å². The number of rotatable bonds is 2. The van der Waals surface area contributed by atoms with Crippen molar-refractivity contribution in [2.24, 2.45) is 0 Å². The predicted molar refractivity (Wildman–Crippen MR) is 82.1 cm³/mol. The average Bonchev–Trinajstić information content (AvgIpc) is 2.83. The van der Waals surface area contributed by atoms with Crippen LogP contribution in [0.2, 0.25) is 0 Å². The van der Waals surface area contributed by atoms with Crippen molar-refractivity contribution in [1.29, 1.82) is 5.26 Å². The summed E-state index contributed by atoms with van der Waals surface area (Å²) in [7, 11) is 0. The number of aromatic nitrogens is 1. The Kier molecular flexibility index (Phi) is 3.17. The molecule has 0 spiro atoms. The molecule has 0 aliphatic rings. The summed E-state index contributed by atoms with van der Waals surface area (Å²) >= 11 is 0. The normalized spacial score (nSPS) is 10.3. The number of para-hydroxylation sites is 1. The molecule has 0 aliphatic carbocycles. The number of carbonyl (C=O) groups excluding carboxylic acids is 1. The van der Waals surface area contributed by atoms with Gasteiger partial charge in [0, 0.05) is 22.3 Å². The van der Waals surface area contributed by atoms with Crippen molar-refractivity contribution in [3.63, 3.8) is 0 Å². The number of nitrogens with one attached hydrogen (secondary N) is 2. The second kappa shape index (κ2) is 5.14. The molecule has 0 saturated heterocycles. The van der Waals surface area contributed by atoms with Crippen LogP contribution in [0.3, 0.4) is 0 Å². The highest BCUT2D eigenvalue weighted by molar-refractivity contribution is 6.13. The number of amides is 1. The monoisotopic (exact) mass is 275 g/mol. The van der Waals surface area contributed by atoms with Crippen LogP contribution in [0.5, 0.6) is 0 Å². The van der Waals surface area contributed by atoms with Crippen LogP contribution in [0.25, 0.3) is 10.9 Å². The molecular formula is C17H13N3O. The minimum atomic E-state index is -0.181. The van der Waals surface area contributed by atoms with E-state index >= 15 is 0 Å². The van der Waals surface area contributed by atoms with Gasteiger partial charge < -0.3 is 10.3 Å². The van der Waals surface area contributed by atoms with E-state index in [9.17, 15) is 4.79 Å². The average molecular weight is 275 g/mol. The van der Waals surface area contributed by atoms with E-state index in [1.54, 1.807) is 24.3 Å². The molecule has 0 bridgehead atoms. The molecule has 0 aliphatic heterocycles. The maximum atomic E-state index is 12.5. The zero-order chi connectivity index (χ0) is 14.8. The van der Waals surface area contributed by atoms with E-state index in [2.05, 4.69) is 16.4 Å². The Morgan fingerprint density at radius 2 is 2.00 bits per heavy atom. The summed E-state index contributed by atoms with van der Waals surface area (Å²) in [5.41, 5.74) is 3.52. The molecule has 3 aromatic rings. The van der Waals surface area contributed by atoms with E-state index < -0.39 is 0 Å². The van der Waals surface area contributed by atoms with Gasteiger partial charge in [-0.25, -0.2) is 0 Å².